The van der Waals surface area contributed by atoms with E-state index >= 15 is 0 Å². The van der Waals surface area contributed by atoms with E-state index in [1.165, 1.54) is 11.3 Å². The fraction of sp³-hybridized carbons (Fsp3) is 0.588. The minimum absolute atomic E-state index is 0.00504. The molecule has 2 heterocycles. The second-order valence-electron chi connectivity index (χ2n) is 6.28. The summed E-state index contributed by atoms with van der Waals surface area (Å²) in [5.41, 5.74) is 0.819. The maximum absolute atomic E-state index is 12.7. The Kier molecular flexibility index (Phi) is 6.51. The lowest BCUT2D eigenvalue weighted by molar-refractivity contribution is -0.122. The third kappa shape index (κ3) is 4.64. The van der Waals surface area contributed by atoms with Crippen LogP contribution < -0.4 is 5.32 Å². The maximum Gasteiger partial charge on any atom is 0.265 e. The number of hydrogen-bond donors (Lipinski definition) is 1. The van der Waals surface area contributed by atoms with Crippen LogP contribution in [0.25, 0.3) is 0 Å². The molecule has 1 saturated heterocycles. The minimum Gasteiger partial charge on any atom is -0.352 e. The van der Waals surface area contributed by atoms with Crippen molar-refractivity contribution in [3.8, 4) is 0 Å². The molecule has 1 aromatic rings. The maximum atomic E-state index is 12.7. The number of carbonyl (C=O) groups is 2. The number of aromatic nitrogens is 1. The highest BCUT2D eigenvalue weighted by Crippen LogP contribution is 2.26. The van der Waals surface area contributed by atoms with Gasteiger partial charge in [0.05, 0.1) is 17.2 Å². The zero-order valence-electron chi connectivity index (χ0n) is 14.7. The fourth-order valence-corrected chi connectivity index (χ4v) is 3.60. The first kappa shape index (κ1) is 18.6. The quantitative estimate of drug-likeness (QED) is 0.792. The summed E-state index contributed by atoms with van der Waals surface area (Å²) in [6.07, 6.45) is 1.66. The van der Waals surface area contributed by atoms with Gasteiger partial charge in [0, 0.05) is 38.6 Å². The molecule has 1 N–H and O–H groups in total. The van der Waals surface area contributed by atoms with Crippen LogP contribution in [-0.4, -0.2) is 65.9 Å². The van der Waals surface area contributed by atoms with Gasteiger partial charge < -0.3 is 10.2 Å². The van der Waals surface area contributed by atoms with Gasteiger partial charge in [0.25, 0.3) is 5.91 Å². The van der Waals surface area contributed by atoms with Crippen molar-refractivity contribution in [1.82, 2.24) is 20.1 Å². The molecule has 0 radical (unpaired) electrons. The van der Waals surface area contributed by atoms with Gasteiger partial charge >= 0.3 is 0 Å². The van der Waals surface area contributed by atoms with Gasteiger partial charge in [-0.05, 0) is 6.92 Å². The van der Waals surface area contributed by atoms with E-state index in [-0.39, 0.29) is 11.8 Å². The summed E-state index contributed by atoms with van der Waals surface area (Å²) < 4.78 is 0. The highest BCUT2D eigenvalue weighted by molar-refractivity contribution is 7.13. The van der Waals surface area contributed by atoms with Crippen LogP contribution in [0.15, 0.2) is 12.7 Å². The molecule has 1 aromatic heterocycles. The van der Waals surface area contributed by atoms with Crippen LogP contribution in [0.4, 0.5) is 0 Å². The van der Waals surface area contributed by atoms with Crippen molar-refractivity contribution in [2.45, 2.75) is 26.7 Å². The topological polar surface area (TPSA) is 65.5 Å². The molecular weight excluding hydrogens is 324 g/mol. The monoisotopic (exact) mass is 350 g/mol. The zero-order chi connectivity index (χ0) is 17.7. The molecule has 1 aliphatic rings. The molecule has 2 amide bonds. The Morgan fingerprint density at radius 2 is 2.00 bits per heavy atom. The fourth-order valence-electron chi connectivity index (χ4n) is 2.56. The van der Waals surface area contributed by atoms with Gasteiger partial charge in [-0.25, -0.2) is 4.98 Å². The van der Waals surface area contributed by atoms with Crippen molar-refractivity contribution in [3.63, 3.8) is 0 Å². The van der Waals surface area contributed by atoms with Gasteiger partial charge in [-0.3, -0.25) is 14.5 Å². The number of nitrogens with zero attached hydrogens (tertiary/aromatic N) is 3. The van der Waals surface area contributed by atoms with Gasteiger partial charge in [-0.2, -0.15) is 0 Å². The summed E-state index contributed by atoms with van der Waals surface area (Å²) in [4.78, 5) is 33.6. The van der Waals surface area contributed by atoms with Crippen molar-refractivity contribution >= 4 is 23.2 Å². The van der Waals surface area contributed by atoms with Crippen molar-refractivity contribution < 1.29 is 9.59 Å². The predicted molar refractivity (Wildman–Crippen MR) is 96.5 cm³/mol. The normalized spacial score (nSPS) is 15.6. The molecule has 0 spiro atoms. The van der Waals surface area contributed by atoms with E-state index in [1.807, 2.05) is 11.8 Å². The number of amides is 2. The van der Waals surface area contributed by atoms with Crippen LogP contribution in [0.5, 0.6) is 0 Å². The molecule has 2 rings (SSSR count). The Morgan fingerprint density at radius 1 is 1.33 bits per heavy atom. The van der Waals surface area contributed by atoms with E-state index < -0.39 is 0 Å². The molecule has 0 unspecified atom stereocenters. The number of aryl methyl sites for hydroxylation is 1. The third-order valence-corrected chi connectivity index (χ3v) is 5.42. The number of carbonyl (C=O) groups excluding carboxylic acids is 2. The molecule has 0 aromatic carbocycles. The van der Waals surface area contributed by atoms with E-state index in [1.54, 1.807) is 6.08 Å². The number of nitrogens with one attached hydrogen (secondary N) is 1. The van der Waals surface area contributed by atoms with Crippen molar-refractivity contribution in [1.29, 1.82) is 0 Å². The Balaban J connectivity index is 1.89. The molecule has 132 valence electrons. The lowest BCUT2D eigenvalue weighted by Crippen LogP contribution is -2.51. The SMILES string of the molecule is C=CCNC(=O)CN1CCN(C(=O)c2sc(C(C)C)nc2C)CC1. The Morgan fingerprint density at radius 3 is 2.54 bits per heavy atom. The van der Waals surface area contributed by atoms with Crippen LogP contribution in [-0.2, 0) is 4.79 Å². The van der Waals surface area contributed by atoms with E-state index in [0.29, 0.717) is 45.2 Å². The lowest BCUT2D eigenvalue weighted by Gasteiger charge is -2.34. The highest BCUT2D eigenvalue weighted by atomic mass is 32.1. The standard InChI is InChI=1S/C17H26N4O2S/c1-5-6-18-14(22)11-20-7-9-21(10-8-20)17(23)15-13(4)19-16(24-15)12(2)3/h5,12H,1,6-11H2,2-4H3,(H,18,22). The van der Waals surface area contributed by atoms with E-state index in [9.17, 15) is 9.59 Å². The number of hydrogen-bond acceptors (Lipinski definition) is 5. The molecule has 7 heteroatoms. The van der Waals surface area contributed by atoms with Crippen LogP contribution >= 0.6 is 11.3 Å². The molecule has 0 bridgehead atoms. The van der Waals surface area contributed by atoms with Gasteiger partial charge in [0.1, 0.15) is 4.88 Å². The summed E-state index contributed by atoms with van der Waals surface area (Å²) >= 11 is 1.50. The summed E-state index contributed by atoms with van der Waals surface area (Å²) in [5.74, 6) is 0.392. The molecule has 0 saturated carbocycles. The Labute approximate surface area is 147 Å². The lowest BCUT2D eigenvalue weighted by atomic mass is 10.2. The zero-order valence-corrected chi connectivity index (χ0v) is 15.5. The number of thiazole rings is 1. The average molecular weight is 350 g/mol. The minimum atomic E-state index is -0.00504. The summed E-state index contributed by atoms with van der Waals surface area (Å²) in [5, 5.41) is 3.78. The second kappa shape index (κ2) is 8.39. The third-order valence-electron chi connectivity index (χ3n) is 3.97. The molecule has 1 fully saturated rings. The van der Waals surface area contributed by atoms with Crippen molar-refractivity contribution in [3.05, 3.63) is 28.2 Å². The first-order valence-electron chi connectivity index (χ1n) is 8.29. The van der Waals surface area contributed by atoms with Crippen molar-refractivity contribution in [2.24, 2.45) is 0 Å². The van der Waals surface area contributed by atoms with Gasteiger partial charge in [-0.15, -0.1) is 17.9 Å². The Hall–Kier alpha value is -1.73. The van der Waals surface area contributed by atoms with E-state index in [2.05, 4.69) is 35.6 Å². The van der Waals surface area contributed by atoms with Gasteiger partial charge in [-0.1, -0.05) is 19.9 Å². The molecule has 1 aliphatic heterocycles. The van der Waals surface area contributed by atoms with E-state index in [4.69, 9.17) is 0 Å². The molecule has 24 heavy (non-hydrogen) atoms. The van der Waals surface area contributed by atoms with E-state index in [0.717, 1.165) is 15.6 Å². The average Bonchev–Trinajstić information content (AvgIpc) is 2.95. The van der Waals surface area contributed by atoms with Crippen LogP contribution in [0.3, 0.4) is 0 Å². The Bertz CT molecular complexity index is 604. The van der Waals surface area contributed by atoms with Crippen LogP contribution in [0.2, 0.25) is 0 Å². The summed E-state index contributed by atoms with van der Waals surface area (Å²) in [6.45, 7) is 13.2. The molecule has 0 atom stereocenters. The molecule has 0 aliphatic carbocycles. The second-order valence-corrected chi connectivity index (χ2v) is 7.31. The first-order chi connectivity index (χ1) is 11.4. The van der Waals surface area contributed by atoms with Gasteiger partial charge in [0.15, 0.2) is 0 Å². The first-order valence-corrected chi connectivity index (χ1v) is 9.10. The summed E-state index contributed by atoms with van der Waals surface area (Å²) in [7, 11) is 0. The molecular formula is C17H26N4O2S. The smallest absolute Gasteiger partial charge is 0.265 e. The number of piperazine rings is 1. The highest BCUT2D eigenvalue weighted by Gasteiger charge is 2.26. The summed E-state index contributed by atoms with van der Waals surface area (Å²) in [6, 6.07) is 0. The van der Waals surface area contributed by atoms with Crippen LogP contribution in [0.1, 0.15) is 40.1 Å². The van der Waals surface area contributed by atoms with Gasteiger partial charge in [0.2, 0.25) is 5.91 Å². The predicted octanol–water partition coefficient (Wildman–Crippen LogP) is 1.63. The largest absolute Gasteiger partial charge is 0.352 e. The molecule has 6 nitrogen and oxygen atoms in total. The number of rotatable bonds is 6. The van der Waals surface area contributed by atoms with Crippen LogP contribution in [0, 0.1) is 6.92 Å². The van der Waals surface area contributed by atoms with Crippen molar-refractivity contribution in [2.75, 3.05) is 39.3 Å².